The summed E-state index contributed by atoms with van der Waals surface area (Å²) in [6.07, 6.45) is 0. The maximum absolute atomic E-state index is 8.84. The van der Waals surface area contributed by atoms with Gasteiger partial charge in [-0.25, -0.2) is 0 Å². The third-order valence-electron chi connectivity index (χ3n) is 2.16. The minimum atomic E-state index is -0.0455. The molecule has 0 spiro atoms. The lowest BCUT2D eigenvalue weighted by atomic mass is 9.93. The van der Waals surface area contributed by atoms with Crippen LogP contribution in [0.2, 0.25) is 0 Å². The van der Waals surface area contributed by atoms with Crippen molar-refractivity contribution < 1.29 is 0 Å². The van der Waals surface area contributed by atoms with Crippen molar-refractivity contribution in [2.24, 2.45) is 11.7 Å². The second-order valence-electron chi connectivity index (χ2n) is 3.47. The van der Waals surface area contributed by atoms with Crippen LogP contribution in [0.4, 0.5) is 0 Å². The van der Waals surface area contributed by atoms with Crippen LogP contribution >= 0.6 is 12.4 Å². The van der Waals surface area contributed by atoms with E-state index in [4.69, 9.17) is 11.0 Å². The monoisotopic (exact) mass is 210 g/mol. The van der Waals surface area contributed by atoms with E-state index in [0.29, 0.717) is 11.5 Å². The maximum atomic E-state index is 8.84. The molecule has 0 aliphatic carbocycles. The Morgan fingerprint density at radius 1 is 1.29 bits per heavy atom. The molecule has 1 aromatic rings. The second kappa shape index (κ2) is 5.64. The molecule has 0 amide bonds. The highest BCUT2D eigenvalue weighted by Crippen LogP contribution is 2.21. The van der Waals surface area contributed by atoms with Crippen molar-refractivity contribution in [2.45, 2.75) is 19.9 Å². The van der Waals surface area contributed by atoms with Gasteiger partial charge < -0.3 is 5.73 Å². The van der Waals surface area contributed by atoms with Gasteiger partial charge in [-0.15, -0.1) is 12.4 Å². The van der Waals surface area contributed by atoms with Crippen molar-refractivity contribution in [2.75, 3.05) is 0 Å². The lowest BCUT2D eigenvalue weighted by Crippen LogP contribution is -2.17. The first-order valence-electron chi connectivity index (χ1n) is 4.41. The third-order valence-corrected chi connectivity index (χ3v) is 2.16. The van der Waals surface area contributed by atoms with Crippen LogP contribution < -0.4 is 5.73 Å². The second-order valence-corrected chi connectivity index (χ2v) is 3.47. The summed E-state index contributed by atoms with van der Waals surface area (Å²) in [6, 6.07) is 9.60. The van der Waals surface area contributed by atoms with Gasteiger partial charge >= 0.3 is 0 Å². The smallest absolute Gasteiger partial charge is 0.0995 e. The maximum Gasteiger partial charge on any atom is 0.0995 e. The first kappa shape index (κ1) is 13.0. The van der Waals surface area contributed by atoms with Gasteiger partial charge in [0.05, 0.1) is 11.6 Å². The fourth-order valence-corrected chi connectivity index (χ4v) is 1.25. The van der Waals surface area contributed by atoms with E-state index >= 15 is 0 Å². The van der Waals surface area contributed by atoms with Gasteiger partial charge in [0.1, 0.15) is 0 Å². The summed E-state index contributed by atoms with van der Waals surface area (Å²) >= 11 is 0. The molecule has 0 aliphatic heterocycles. The molecular weight excluding hydrogens is 196 g/mol. The fourth-order valence-electron chi connectivity index (χ4n) is 1.25. The van der Waals surface area contributed by atoms with Crippen molar-refractivity contribution >= 4 is 12.4 Å². The first-order valence-corrected chi connectivity index (χ1v) is 4.41. The number of halogens is 1. The molecule has 0 fully saturated rings. The van der Waals surface area contributed by atoms with Gasteiger partial charge in [-0.3, -0.25) is 0 Å². The van der Waals surface area contributed by atoms with Crippen molar-refractivity contribution in [3.8, 4) is 6.07 Å². The van der Waals surface area contributed by atoms with Crippen LogP contribution in [-0.2, 0) is 0 Å². The highest BCUT2D eigenvalue weighted by atomic mass is 35.5. The van der Waals surface area contributed by atoms with Gasteiger partial charge in [0, 0.05) is 6.04 Å². The van der Waals surface area contributed by atoms with E-state index in [1.54, 1.807) is 6.07 Å². The summed E-state index contributed by atoms with van der Waals surface area (Å²) in [6.45, 7) is 4.11. The molecule has 1 rings (SSSR count). The van der Waals surface area contributed by atoms with E-state index in [1.807, 2.05) is 18.2 Å². The Morgan fingerprint density at radius 2 is 1.86 bits per heavy atom. The highest BCUT2D eigenvalue weighted by Gasteiger charge is 2.13. The fraction of sp³-hybridized carbons (Fsp3) is 0.364. The average Bonchev–Trinajstić information content (AvgIpc) is 2.16. The quantitative estimate of drug-likeness (QED) is 0.816. The van der Waals surface area contributed by atoms with Crippen LogP contribution in [0, 0.1) is 17.2 Å². The van der Waals surface area contributed by atoms with Gasteiger partial charge in [-0.1, -0.05) is 32.0 Å². The predicted octanol–water partition coefficient (Wildman–Crippen LogP) is 2.64. The SMILES string of the molecule is CC(C)C(N)c1ccccc1C#N.Cl. The Hall–Kier alpha value is -1.04. The van der Waals surface area contributed by atoms with Gasteiger partial charge in [0.15, 0.2) is 0 Å². The molecule has 3 heteroatoms. The highest BCUT2D eigenvalue weighted by molar-refractivity contribution is 5.85. The Bertz CT molecular complexity index is 328. The summed E-state index contributed by atoms with van der Waals surface area (Å²) in [5.74, 6) is 0.356. The normalized spacial score (nSPS) is 11.6. The largest absolute Gasteiger partial charge is 0.324 e. The Kier molecular flexibility index (Phi) is 5.22. The Labute approximate surface area is 91.1 Å². The minimum Gasteiger partial charge on any atom is -0.324 e. The summed E-state index contributed by atoms with van der Waals surface area (Å²) < 4.78 is 0. The number of benzene rings is 1. The molecule has 0 bridgehead atoms. The van der Waals surface area contributed by atoms with Gasteiger partial charge in [0.2, 0.25) is 0 Å². The molecule has 1 atom stereocenters. The third kappa shape index (κ3) is 2.73. The minimum absolute atomic E-state index is 0. The number of hydrogen-bond acceptors (Lipinski definition) is 2. The van der Waals surface area contributed by atoms with Crippen molar-refractivity contribution in [3.05, 3.63) is 35.4 Å². The molecule has 0 radical (unpaired) electrons. The molecule has 14 heavy (non-hydrogen) atoms. The molecule has 2 N–H and O–H groups in total. The number of nitrogens with two attached hydrogens (primary N) is 1. The molecule has 2 nitrogen and oxygen atoms in total. The Morgan fingerprint density at radius 3 is 2.36 bits per heavy atom. The standard InChI is InChI=1S/C11H14N2.ClH/c1-8(2)11(13)10-6-4-3-5-9(10)7-12;/h3-6,8,11H,13H2,1-2H3;1H. The molecule has 76 valence electrons. The number of hydrogen-bond donors (Lipinski definition) is 1. The molecule has 0 aliphatic rings. The molecular formula is C11H15ClN2. The van der Waals surface area contributed by atoms with Gasteiger partial charge in [-0.05, 0) is 17.5 Å². The van der Waals surface area contributed by atoms with E-state index in [-0.39, 0.29) is 18.4 Å². The topological polar surface area (TPSA) is 49.8 Å². The van der Waals surface area contributed by atoms with Crippen molar-refractivity contribution in [3.63, 3.8) is 0 Å². The zero-order valence-electron chi connectivity index (χ0n) is 8.40. The molecule has 1 aromatic carbocycles. The Balaban J connectivity index is 0.00000169. The molecule has 0 heterocycles. The number of nitrogens with zero attached hydrogens (tertiary/aromatic N) is 1. The van der Waals surface area contributed by atoms with E-state index in [1.165, 1.54) is 0 Å². The lowest BCUT2D eigenvalue weighted by molar-refractivity contribution is 0.513. The molecule has 0 saturated heterocycles. The molecule has 0 aromatic heterocycles. The van der Waals surface area contributed by atoms with Crippen LogP contribution in [0.5, 0.6) is 0 Å². The van der Waals surface area contributed by atoms with E-state index in [2.05, 4.69) is 19.9 Å². The van der Waals surface area contributed by atoms with Gasteiger partial charge in [-0.2, -0.15) is 5.26 Å². The summed E-state index contributed by atoms with van der Waals surface area (Å²) in [7, 11) is 0. The van der Waals surface area contributed by atoms with E-state index < -0.39 is 0 Å². The van der Waals surface area contributed by atoms with Crippen LogP contribution in [0.15, 0.2) is 24.3 Å². The summed E-state index contributed by atoms with van der Waals surface area (Å²) in [5, 5.41) is 8.84. The van der Waals surface area contributed by atoms with Crippen molar-refractivity contribution in [1.82, 2.24) is 0 Å². The summed E-state index contributed by atoms with van der Waals surface area (Å²) in [4.78, 5) is 0. The number of nitriles is 1. The average molecular weight is 211 g/mol. The molecule has 0 saturated carbocycles. The van der Waals surface area contributed by atoms with Crippen LogP contribution in [0.1, 0.15) is 31.0 Å². The van der Waals surface area contributed by atoms with E-state index in [0.717, 1.165) is 5.56 Å². The van der Waals surface area contributed by atoms with Crippen LogP contribution in [-0.4, -0.2) is 0 Å². The number of rotatable bonds is 2. The van der Waals surface area contributed by atoms with Gasteiger partial charge in [0.25, 0.3) is 0 Å². The van der Waals surface area contributed by atoms with Crippen LogP contribution in [0.25, 0.3) is 0 Å². The summed E-state index contributed by atoms with van der Waals surface area (Å²) in [5.41, 5.74) is 7.59. The zero-order valence-corrected chi connectivity index (χ0v) is 9.21. The van der Waals surface area contributed by atoms with E-state index in [9.17, 15) is 0 Å². The predicted molar refractivity (Wildman–Crippen MR) is 60.2 cm³/mol. The van der Waals surface area contributed by atoms with Crippen molar-refractivity contribution in [1.29, 1.82) is 5.26 Å². The lowest BCUT2D eigenvalue weighted by Gasteiger charge is -2.16. The zero-order chi connectivity index (χ0) is 9.84. The van der Waals surface area contributed by atoms with Crippen LogP contribution in [0.3, 0.4) is 0 Å². The first-order chi connectivity index (χ1) is 6.16. The molecule has 1 unspecified atom stereocenters.